The van der Waals surface area contributed by atoms with Gasteiger partial charge < -0.3 is 10.2 Å². The molecular formula is C14H26N4O. The molecule has 5 heteroatoms. The zero-order chi connectivity index (χ0) is 14.6. The molecule has 0 fully saturated rings. The fraction of sp³-hybridized carbons (Fsp3) is 0.714. The van der Waals surface area contributed by atoms with Crippen LogP contribution in [0.15, 0.2) is 0 Å². The second-order valence-corrected chi connectivity index (χ2v) is 5.10. The van der Waals surface area contributed by atoms with Gasteiger partial charge in [0.15, 0.2) is 5.82 Å². The van der Waals surface area contributed by atoms with Gasteiger partial charge in [0.1, 0.15) is 11.4 Å². The van der Waals surface area contributed by atoms with Crippen molar-refractivity contribution in [3.8, 4) is 0 Å². The number of hydrogen-bond acceptors (Lipinski definition) is 5. The number of hydrogen-bond donors (Lipinski definition) is 2. The van der Waals surface area contributed by atoms with E-state index in [1.807, 2.05) is 6.92 Å². The van der Waals surface area contributed by atoms with E-state index in [1.165, 1.54) is 0 Å². The van der Waals surface area contributed by atoms with Crippen molar-refractivity contribution in [2.24, 2.45) is 5.84 Å². The first-order valence-corrected chi connectivity index (χ1v) is 6.86. The van der Waals surface area contributed by atoms with E-state index in [-0.39, 0.29) is 0 Å². The summed E-state index contributed by atoms with van der Waals surface area (Å²) in [5.41, 5.74) is 4.27. The van der Waals surface area contributed by atoms with E-state index in [9.17, 15) is 0 Å². The van der Waals surface area contributed by atoms with Gasteiger partial charge in [-0.1, -0.05) is 27.7 Å². The summed E-state index contributed by atoms with van der Waals surface area (Å²) in [7, 11) is 1.71. The van der Waals surface area contributed by atoms with Crippen LogP contribution in [0.1, 0.15) is 63.5 Å². The maximum Gasteiger partial charge on any atom is 0.162 e. The molecule has 0 saturated heterocycles. The second kappa shape index (κ2) is 6.30. The van der Waals surface area contributed by atoms with E-state index in [0.717, 1.165) is 24.1 Å². The van der Waals surface area contributed by atoms with Gasteiger partial charge >= 0.3 is 0 Å². The molecule has 3 N–H and O–H groups in total. The van der Waals surface area contributed by atoms with E-state index in [2.05, 4.69) is 43.1 Å². The van der Waals surface area contributed by atoms with Crippen LogP contribution in [0, 0.1) is 6.92 Å². The van der Waals surface area contributed by atoms with Crippen LogP contribution in [0.2, 0.25) is 0 Å². The van der Waals surface area contributed by atoms with Gasteiger partial charge in [-0.3, -0.25) is 0 Å². The molecule has 1 aromatic rings. The van der Waals surface area contributed by atoms with Gasteiger partial charge in [0.2, 0.25) is 0 Å². The minimum atomic E-state index is -0.439. The predicted octanol–water partition coefficient (Wildman–Crippen LogP) is 2.86. The van der Waals surface area contributed by atoms with Gasteiger partial charge in [-0.05, 0) is 25.7 Å². The molecule has 1 aromatic heterocycles. The Morgan fingerprint density at radius 3 is 2.21 bits per heavy atom. The van der Waals surface area contributed by atoms with Crippen LogP contribution >= 0.6 is 0 Å². The zero-order valence-corrected chi connectivity index (χ0v) is 12.9. The molecule has 0 bridgehead atoms. The molecule has 0 aliphatic heterocycles. The first kappa shape index (κ1) is 15.9. The Morgan fingerprint density at radius 2 is 1.84 bits per heavy atom. The molecule has 108 valence electrons. The van der Waals surface area contributed by atoms with E-state index in [1.54, 1.807) is 7.11 Å². The van der Waals surface area contributed by atoms with E-state index < -0.39 is 5.60 Å². The third-order valence-corrected chi connectivity index (χ3v) is 3.79. The summed E-state index contributed by atoms with van der Waals surface area (Å²) in [5, 5.41) is 0. The Hall–Kier alpha value is -1.20. The number of nitrogens with one attached hydrogen (secondary N) is 1. The van der Waals surface area contributed by atoms with Gasteiger partial charge in [-0.25, -0.2) is 15.8 Å². The van der Waals surface area contributed by atoms with Crippen molar-refractivity contribution in [2.45, 2.75) is 59.0 Å². The molecule has 0 amide bonds. The van der Waals surface area contributed by atoms with Gasteiger partial charge in [-0.2, -0.15) is 0 Å². The van der Waals surface area contributed by atoms with Crippen LogP contribution in [0.5, 0.6) is 0 Å². The van der Waals surface area contributed by atoms with Crippen molar-refractivity contribution in [1.29, 1.82) is 0 Å². The van der Waals surface area contributed by atoms with Crippen LogP contribution < -0.4 is 11.3 Å². The maximum absolute atomic E-state index is 5.68. The Balaban J connectivity index is 3.44. The second-order valence-electron chi connectivity index (χ2n) is 5.10. The molecule has 1 heterocycles. The lowest BCUT2D eigenvalue weighted by Gasteiger charge is -2.29. The maximum atomic E-state index is 5.68. The smallest absolute Gasteiger partial charge is 0.162 e. The lowest BCUT2D eigenvalue weighted by Crippen LogP contribution is -2.31. The van der Waals surface area contributed by atoms with Crippen molar-refractivity contribution in [3.05, 3.63) is 17.1 Å². The fourth-order valence-corrected chi connectivity index (χ4v) is 2.53. The highest BCUT2D eigenvalue weighted by Crippen LogP contribution is 2.33. The van der Waals surface area contributed by atoms with Crippen LogP contribution in [-0.2, 0) is 10.3 Å². The van der Waals surface area contributed by atoms with Crippen molar-refractivity contribution in [1.82, 2.24) is 9.97 Å². The van der Waals surface area contributed by atoms with Crippen molar-refractivity contribution >= 4 is 5.82 Å². The van der Waals surface area contributed by atoms with Crippen LogP contribution in [0.25, 0.3) is 0 Å². The average Bonchev–Trinajstić information content (AvgIpc) is 2.40. The summed E-state index contributed by atoms with van der Waals surface area (Å²) >= 11 is 0. The van der Waals surface area contributed by atoms with Gasteiger partial charge in [0.05, 0.1) is 0 Å². The van der Waals surface area contributed by atoms with E-state index in [4.69, 9.17) is 10.6 Å². The molecule has 0 aromatic carbocycles. The lowest BCUT2D eigenvalue weighted by atomic mass is 9.94. The van der Waals surface area contributed by atoms with Crippen LogP contribution in [0.3, 0.4) is 0 Å². The number of nitrogens with zero attached hydrogens (tertiary/aromatic N) is 2. The number of anilines is 1. The molecule has 0 saturated carbocycles. The van der Waals surface area contributed by atoms with E-state index >= 15 is 0 Å². The SMILES string of the molecule is CCC(CC)(OC)c1nc(C)c(C(C)C)c(NN)n1. The summed E-state index contributed by atoms with van der Waals surface area (Å²) in [6.45, 7) is 10.4. The lowest BCUT2D eigenvalue weighted by molar-refractivity contribution is -0.0292. The fourth-order valence-electron chi connectivity index (χ4n) is 2.53. The van der Waals surface area contributed by atoms with E-state index in [0.29, 0.717) is 17.6 Å². The number of methoxy groups -OCH3 is 1. The molecule has 0 spiro atoms. The Labute approximate surface area is 115 Å². The van der Waals surface area contributed by atoms with Crippen molar-refractivity contribution in [2.75, 3.05) is 12.5 Å². The third-order valence-electron chi connectivity index (χ3n) is 3.79. The molecule has 5 nitrogen and oxygen atoms in total. The standard InChI is InChI=1S/C14H26N4O/c1-7-14(8-2,19-6)13-16-10(5)11(9(3)4)12(17-13)18-15/h9H,7-8,15H2,1-6H3,(H,16,17,18). The average molecular weight is 266 g/mol. The largest absolute Gasteiger partial charge is 0.370 e. The highest BCUT2D eigenvalue weighted by Gasteiger charge is 2.32. The monoisotopic (exact) mass is 266 g/mol. The molecule has 0 unspecified atom stereocenters. The summed E-state index contributed by atoms with van der Waals surface area (Å²) in [4.78, 5) is 9.24. The summed E-state index contributed by atoms with van der Waals surface area (Å²) in [5.74, 6) is 7.33. The third kappa shape index (κ3) is 2.87. The van der Waals surface area contributed by atoms with Crippen molar-refractivity contribution in [3.63, 3.8) is 0 Å². The van der Waals surface area contributed by atoms with Gasteiger partial charge in [0, 0.05) is 18.4 Å². The number of rotatable bonds is 6. The summed E-state index contributed by atoms with van der Waals surface area (Å²) in [6.07, 6.45) is 1.65. The summed E-state index contributed by atoms with van der Waals surface area (Å²) < 4.78 is 5.68. The molecule has 1 rings (SSSR count). The highest BCUT2D eigenvalue weighted by atomic mass is 16.5. The Kier molecular flexibility index (Phi) is 5.26. The number of nitrogens with two attached hydrogens (primary N) is 1. The molecular weight excluding hydrogens is 240 g/mol. The first-order valence-electron chi connectivity index (χ1n) is 6.86. The molecule has 0 atom stereocenters. The molecule has 0 aliphatic rings. The molecule has 19 heavy (non-hydrogen) atoms. The quantitative estimate of drug-likeness (QED) is 0.612. The Morgan fingerprint density at radius 1 is 1.26 bits per heavy atom. The number of aromatic nitrogens is 2. The number of nitrogen functional groups attached to an aromatic ring is 1. The Bertz CT molecular complexity index is 419. The number of hydrazine groups is 1. The number of aryl methyl sites for hydroxylation is 1. The van der Waals surface area contributed by atoms with Crippen LogP contribution in [-0.4, -0.2) is 17.1 Å². The molecule has 0 radical (unpaired) electrons. The van der Waals surface area contributed by atoms with Gasteiger partial charge in [0.25, 0.3) is 0 Å². The van der Waals surface area contributed by atoms with Crippen LogP contribution in [0.4, 0.5) is 5.82 Å². The molecule has 0 aliphatic carbocycles. The van der Waals surface area contributed by atoms with Gasteiger partial charge in [-0.15, -0.1) is 0 Å². The van der Waals surface area contributed by atoms with Crippen molar-refractivity contribution < 1.29 is 4.74 Å². The topological polar surface area (TPSA) is 73.1 Å². The highest BCUT2D eigenvalue weighted by molar-refractivity contribution is 5.47. The summed E-state index contributed by atoms with van der Waals surface area (Å²) in [6, 6.07) is 0. The normalized spacial score (nSPS) is 12.0. The minimum absolute atomic E-state index is 0.320. The first-order chi connectivity index (χ1) is 8.95. The zero-order valence-electron chi connectivity index (χ0n) is 12.9. The minimum Gasteiger partial charge on any atom is -0.370 e. The predicted molar refractivity (Wildman–Crippen MR) is 77.9 cm³/mol. The number of ether oxygens (including phenoxy) is 1.